The smallest absolute Gasteiger partial charge is 0.310 e. The molecule has 1 aliphatic rings. The number of hydrogen-bond donors (Lipinski definition) is 1. The Hall–Kier alpha value is -1.42. The molecule has 2 rings (SSSR count). The van der Waals surface area contributed by atoms with Gasteiger partial charge in [-0.05, 0) is 31.5 Å². The highest BCUT2D eigenvalue weighted by Gasteiger charge is 2.44. The van der Waals surface area contributed by atoms with Crippen LogP contribution in [-0.2, 0) is 11.3 Å². The van der Waals surface area contributed by atoms with Gasteiger partial charge in [-0.15, -0.1) is 0 Å². The van der Waals surface area contributed by atoms with Gasteiger partial charge in [0.2, 0.25) is 0 Å². The minimum atomic E-state index is -0.651. The third-order valence-corrected chi connectivity index (χ3v) is 3.51. The Morgan fingerprint density at radius 2 is 2.35 bits per heavy atom. The van der Waals surface area contributed by atoms with E-state index in [0.717, 1.165) is 31.4 Å². The van der Waals surface area contributed by atoms with E-state index in [0.29, 0.717) is 6.54 Å². The van der Waals surface area contributed by atoms with Crippen LogP contribution in [0.4, 0.5) is 0 Å². The number of aromatic nitrogens is 1. The van der Waals surface area contributed by atoms with E-state index in [9.17, 15) is 9.90 Å². The Morgan fingerprint density at radius 3 is 2.82 bits per heavy atom. The van der Waals surface area contributed by atoms with Gasteiger partial charge in [-0.25, -0.2) is 0 Å². The molecule has 0 radical (unpaired) electrons. The third kappa shape index (κ3) is 2.64. The van der Waals surface area contributed by atoms with Crippen molar-refractivity contribution in [1.82, 2.24) is 9.88 Å². The fourth-order valence-corrected chi connectivity index (χ4v) is 2.42. The van der Waals surface area contributed by atoms with Crippen LogP contribution in [0.5, 0.6) is 0 Å². The summed E-state index contributed by atoms with van der Waals surface area (Å²) >= 11 is 0. The molecule has 1 saturated carbocycles. The molecule has 4 heteroatoms. The number of hydrogen-bond acceptors (Lipinski definition) is 3. The van der Waals surface area contributed by atoms with Crippen molar-refractivity contribution >= 4 is 5.97 Å². The summed E-state index contributed by atoms with van der Waals surface area (Å²) in [6.07, 6.45) is 6.21. The van der Waals surface area contributed by atoms with Gasteiger partial charge in [0.05, 0.1) is 5.41 Å². The molecule has 1 aromatic heterocycles. The third-order valence-electron chi connectivity index (χ3n) is 3.51. The van der Waals surface area contributed by atoms with Crippen molar-refractivity contribution in [3.63, 3.8) is 0 Å². The first-order valence-electron chi connectivity index (χ1n) is 5.93. The van der Waals surface area contributed by atoms with E-state index >= 15 is 0 Å². The zero-order chi connectivity index (χ0) is 12.3. The van der Waals surface area contributed by atoms with Gasteiger partial charge in [0.1, 0.15) is 0 Å². The van der Waals surface area contributed by atoms with Crippen LogP contribution < -0.4 is 0 Å². The second kappa shape index (κ2) is 4.84. The molecule has 0 bridgehead atoms. The lowest BCUT2D eigenvalue weighted by molar-refractivity contribution is -0.156. The molecule has 17 heavy (non-hydrogen) atoms. The lowest BCUT2D eigenvalue weighted by atomic mass is 9.68. The lowest BCUT2D eigenvalue weighted by Gasteiger charge is -2.40. The summed E-state index contributed by atoms with van der Waals surface area (Å²) in [4.78, 5) is 17.4. The zero-order valence-corrected chi connectivity index (χ0v) is 10.1. The molecular weight excluding hydrogens is 216 g/mol. The fourth-order valence-electron chi connectivity index (χ4n) is 2.42. The predicted molar refractivity (Wildman–Crippen MR) is 64.5 cm³/mol. The number of carbonyl (C=O) groups is 1. The maximum absolute atomic E-state index is 11.3. The highest BCUT2D eigenvalue weighted by Crippen LogP contribution is 2.41. The van der Waals surface area contributed by atoms with E-state index in [2.05, 4.69) is 9.88 Å². The summed E-state index contributed by atoms with van der Waals surface area (Å²) in [5.41, 5.74) is 0.617. The van der Waals surface area contributed by atoms with Crippen LogP contribution >= 0.6 is 0 Å². The quantitative estimate of drug-likeness (QED) is 0.843. The van der Waals surface area contributed by atoms with Crippen molar-refractivity contribution in [3.05, 3.63) is 30.1 Å². The Bertz CT molecular complexity index is 388. The summed E-state index contributed by atoms with van der Waals surface area (Å²) in [6, 6.07) is 3.91. The van der Waals surface area contributed by atoms with Crippen LogP contribution in [0.15, 0.2) is 24.5 Å². The molecule has 92 valence electrons. The molecule has 0 spiro atoms. The predicted octanol–water partition coefficient (Wildman–Crippen LogP) is 1.77. The topological polar surface area (TPSA) is 53.4 Å². The van der Waals surface area contributed by atoms with Crippen LogP contribution in [0, 0.1) is 5.41 Å². The van der Waals surface area contributed by atoms with Crippen molar-refractivity contribution in [2.45, 2.75) is 25.8 Å². The summed E-state index contributed by atoms with van der Waals surface area (Å²) < 4.78 is 0. The minimum absolute atomic E-state index is 0.503. The summed E-state index contributed by atoms with van der Waals surface area (Å²) in [5.74, 6) is -0.651. The van der Waals surface area contributed by atoms with E-state index in [1.807, 2.05) is 25.4 Å². The Labute approximate surface area is 101 Å². The second-order valence-corrected chi connectivity index (χ2v) is 4.97. The zero-order valence-electron chi connectivity index (χ0n) is 10.1. The number of aliphatic carboxylic acids is 1. The lowest BCUT2D eigenvalue weighted by Crippen LogP contribution is -2.46. The van der Waals surface area contributed by atoms with Gasteiger partial charge in [0, 0.05) is 25.5 Å². The highest BCUT2D eigenvalue weighted by molar-refractivity contribution is 5.76. The molecule has 1 aliphatic carbocycles. The first-order valence-corrected chi connectivity index (χ1v) is 5.93. The highest BCUT2D eigenvalue weighted by atomic mass is 16.4. The van der Waals surface area contributed by atoms with E-state index < -0.39 is 11.4 Å². The first kappa shape index (κ1) is 12.0. The number of carboxylic acid groups (broad SMARTS) is 1. The molecule has 0 aromatic carbocycles. The summed E-state index contributed by atoms with van der Waals surface area (Å²) in [5, 5.41) is 9.26. The molecule has 0 amide bonds. The maximum Gasteiger partial charge on any atom is 0.310 e. The molecule has 4 nitrogen and oxygen atoms in total. The van der Waals surface area contributed by atoms with E-state index in [-0.39, 0.29) is 0 Å². The number of nitrogens with zero attached hydrogens (tertiary/aromatic N) is 2. The Morgan fingerprint density at radius 1 is 1.59 bits per heavy atom. The Kier molecular flexibility index (Phi) is 3.43. The maximum atomic E-state index is 11.3. The number of rotatable bonds is 5. The average Bonchev–Trinajstić information content (AvgIpc) is 2.24. The van der Waals surface area contributed by atoms with Crippen molar-refractivity contribution < 1.29 is 9.90 Å². The molecule has 0 unspecified atom stereocenters. The van der Waals surface area contributed by atoms with E-state index in [4.69, 9.17) is 0 Å². The largest absolute Gasteiger partial charge is 0.481 e. The van der Waals surface area contributed by atoms with Crippen LogP contribution in [0.25, 0.3) is 0 Å². The van der Waals surface area contributed by atoms with E-state index in [1.165, 1.54) is 0 Å². The second-order valence-electron chi connectivity index (χ2n) is 4.97. The summed E-state index contributed by atoms with van der Waals surface area (Å²) in [7, 11) is 1.97. The average molecular weight is 234 g/mol. The van der Waals surface area contributed by atoms with Crippen LogP contribution in [0.2, 0.25) is 0 Å². The molecule has 1 heterocycles. The van der Waals surface area contributed by atoms with Gasteiger partial charge in [0.25, 0.3) is 0 Å². The minimum Gasteiger partial charge on any atom is -0.481 e. The van der Waals surface area contributed by atoms with Crippen LogP contribution in [-0.4, -0.2) is 34.6 Å². The monoisotopic (exact) mass is 234 g/mol. The van der Waals surface area contributed by atoms with Crippen molar-refractivity contribution in [1.29, 1.82) is 0 Å². The molecule has 0 saturated heterocycles. The van der Waals surface area contributed by atoms with Gasteiger partial charge >= 0.3 is 5.97 Å². The van der Waals surface area contributed by atoms with Gasteiger partial charge < -0.3 is 10.0 Å². The van der Waals surface area contributed by atoms with Crippen LogP contribution in [0.3, 0.4) is 0 Å². The van der Waals surface area contributed by atoms with Gasteiger partial charge in [-0.3, -0.25) is 9.78 Å². The molecular formula is C13H18N2O2. The van der Waals surface area contributed by atoms with E-state index in [1.54, 1.807) is 6.20 Å². The molecule has 0 aliphatic heterocycles. The number of carboxylic acids is 1. The first-order chi connectivity index (χ1) is 8.12. The standard InChI is InChI=1S/C13H18N2O2/c1-15(9-11-4-2-7-14-8-11)10-13(12(16)17)5-3-6-13/h2,4,7-8H,3,5-6,9-10H2,1H3,(H,16,17). The van der Waals surface area contributed by atoms with Gasteiger partial charge in [-0.1, -0.05) is 12.5 Å². The molecule has 1 fully saturated rings. The van der Waals surface area contributed by atoms with Gasteiger partial charge in [0.15, 0.2) is 0 Å². The molecule has 1 N–H and O–H groups in total. The van der Waals surface area contributed by atoms with Crippen molar-refractivity contribution in [3.8, 4) is 0 Å². The summed E-state index contributed by atoms with van der Waals surface area (Å²) in [6.45, 7) is 1.38. The SMILES string of the molecule is CN(Cc1cccnc1)CC1(C(=O)O)CCC1. The van der Waals surface area contributed by atoms with Gasteiger partial charge in [-0.2, -0.15) is 0 Å². The van der Waals surface area contributed by atoms with Crippen molar-refractivity contribution in [2.75, 3.05) is 13.6 Å². The molecule has 1 aromatic rings. The fraction of sp³-hybridized carbons (Fsp3) is 0.538. The Balaban J connectivity index is 1.93. The molecule has 0 atom stereocenters. The number of pyridine rings is 1. The van der Waals surface area contributed by atoms with Crippen LogP contribution in [0.1, 0.15) is 24.8 Å². The normalized spacial score (nSPS) is 17.8. The van der Waals surface area contributed by atoms with Crippen molar-refractivity contribution in [2.24, 2.45) is 5.41 Å².